The summed E-state index contributed by atoms with van der Waals surface area (Å²) in [5.74, 6) is 0.214. The number of hydrazone groups is 1. The number of carbonyl (C=O) groups is 1. The Kier molecular flexibility index (Phi) is 3.24. The normalized spacial score (nSPS) is 15.3. The van der Waals surface area contributed by atoms with E-state index in [1.54, 1.807) is 18.2 Å². The van der Waals surface area contributed by atoms with E-state index in [-0.39, 0.29) is 17.6 Å². The zero-order valence-corrected chi connectivity index (χ0v) is 10.1. The van der Waals surface area contributed by atoms with Crippen molar-refractivity contribution in [1.29, 1.82) is 0 Å². The van der Waals surface area contributed by atoms with Gasteiger partial charge in [-0.05, 0) is 31.0 Å². The highest BCUT2D eigenvalue weighted by Crippen LogP contribution is 2.28. The third-order valence-electron chi connectivity index (χ3n) is 2.32. The molecule has 4 nitrogen and oxygen atoms in total. The van der Waals surface area contributed by atoms with Crippen molar-refractivity contribution >= 4 is 28.1 Å². The van der Waals surface area contributed by atoms with Crippen LogP contribution in [0.15, 0.2) is 27.8 Å². The molecule has 0 heterocycles. The van der Waals surface area contributed by atoms with Gasteiger partial charge in [0.05, 0.1) is 6.21 Å². The number of benzene rings is 1. The van der Waals surface area contributed by atoms with Crippen LogP contribution in [-0.2, 0) is 4.79 Å². The maximum Gasteiger partial charge on any atom is 0.243 e. The summed E-state index contributed by atoms with van der Waals surface area (Å²) in [6, 6.07) is 5.02. The van der Waals surface area contributed by atoms with Crippen LogP contribution < -0.4 is 5.43 Å². The number of aromatic hydroxyl groups is 1. The largest absolute Gasteiger partial charge is 0.507 e. The number of nitrogens with one attached hydrogen (secondary N) is 1. The van der Waals surface area contributed by atoms with E-state index in [1.807, 2.05) is 0 Å². The molecule has 0 unspecified atom stereocenters. The second-order valence-corrected chi connectivity index (χ2v) is 4.63. The molecule has 0 aromatic heterocycles. The summed E-state index contributed by atoms with van der Waals surface area (Å²) in [6.07, 6.45) is 3.33. The summed E-state index contributed by atoms with van der Waals surface area (Å²) in [7, 11) is 0. The molecule has 0 bridgehead atoms. The van der Waals surface area contributed by atoms with E-state index in [9.17, 15) is 9.90 Å². The number of phenolic OH excluding ortho intramolecular Hbond substituents is 1. The molecule has 1 fully saturated rings. The van der Waals surface area contributed by atoms with Crippen LogP contribution in [0.25, 0.3) is 0 Å². The van der Waals surface area contributed by atoms with Gasteiger partial charge in [-0.15, -0.1) is 0 Å². The second kappa shape index (κ2) is 4.65. The van der Waals surface area contributed by atoms with Gasteiger partial charge in [0.1, 0.15) is 5.75 Å². The predicted molar refractivity (Wildman–Crippen MR) is 64.3 cm³/mol. The van der Waals surface area contributed by atoms with E-state index < -0.39 is 0 Å². The first kappa shape index (κ1) is 11.1. The Labute approximate surface area is 101 Å². The lowest BCUT2D eigenvalue weighted by atomic mass is 10.2. The molecule has 1 amide bonds. The lowest BCUT2D eigenvalue weighted by Crippen LogP contribution is -2.18. The highest BCUT2D eigenvalue weighted by molar-refractivity contribution is 9.10. The third-order valence-corrected chi connectivity index (χ3v) is 2.81. The van der Waals surface area contributed by atoms with Gasteiger partial charge in [0.2, 0.25) is 5.91 Å². The minimum Gasteiger partial charge on any atom is -0.507 e. The summed E-state index contributed by atoms with van der Waals surface area (Å²) in [4.78, 5) is 11.3. The van der Waals surface area contributed by atoms with Crippen LogP contribution in [0.2, 0.25) is 0 Å². The van der Waals surface area contributed by atoms with E-state index in [4.69, 9.17) is 0 Å². The molecule has 2 rings (SSSR count). The van der Waals surface area contributed by atoms with Crippen LogP contribution in [0, 0.1) is 5.92 Å². The first-order valence-corrected chi connectivity index (χ1v) is 5.77. The SMILES string of the molecule is O=C(NN=Cc1cc(Br)ccc1O)C1CC1. The molecule has 2 N–H and O–H groups in total. The Morgan fingerprint density at radius 1 is 1.56 bits per heavy atom. The standard InChI is InChI=1S/C11H11BrN2O2/c12-9-3-4-10(15)8(5-9)6-13-14-11(16)7-1-2-7/h3-7,15H,1-2H2,(H,14,16). The monoisotopic (exact) mass is 282 g/mol. The number of halogens is 1. The first-order chi connectivity index (χ1) is 7.66. The molecule has 1 aromatic rings. The Morgan fingerprint density at radius 2 is 2.31 bits per heavy atom. The fourth-order valence-corrected chi connectivity index (χ4v) is 1.61. The predicted octanol–water partition coefficient (Wildman–Crippen LogP) is 2.01. The van der Waals surface area contributed by atoms with Crippen molar-refractivity contribution in [2.24, 2.45) is 11.0 Å². The van der Waals surface area contributed by atoms with Crippen LogP contribution in [-0.4, -0.2) is 17.2 Å². The van der Waals surface area contributed by atoms with Crippen molar-refractivity contribution in [1.82, 2.24) is 5.43 Å². The smallest absolute Gasteiger partial charge is 0.243 e. The fourth-order valence-electron chi connectivity index (χ4n) is 1.23. The van der Waals surface area contributed by atoms with Crippen molar-refractivity contribution in [3.63, 3.8) is 0 Å². The fraction of sp³-hybridized carbons (Fsp3) is 0.273. The first-order valence-electron chi connectivity index (χ1n) is 4.98. The highest BCUT2D eigenvalue weighted by atomic mass is 79.9. The quantitative estimate of drug-likeness (QED) is 0.658. The Hall–Kier alpha value is -1.36. The van der Waals surface area contributed by atoms with Crippen LogP contribution in [0.3, 0.4) is 0 Å². The average molecular weight is 283 g/mol. The molecule has 0 radical (unpaired) electrons. The zero-order chi connectivity index (χ0) is 11.5. The Bertz CT molecular complexity index is 442. The van der Waals surface area contributed by atoms with Crippen molar-refractivity contribution in [2.45, 2.75) is 12.8 Å². The number of nitrogens with zero attached hydrogens (tertiary/aromatic N) is 1. The molecule has 0 atom stereocenters. The van der Waals surface area contributed by atoms with Crippen molar-refractivity contribution < 1.29 is 9.90 Å². The van der Waals surface area contributed by atoms with Crippen molar-refractivity contribution in [3.05, 3.63) is 28.2 Å². The van der Waals surface area contributed by atoms with Gasteiger partial charge in [-0.3, -0.25) is 4.79 Å². The summed E-state index contributed by atoms with van der Waals surface area (Å²) in [5, 5.41) is 13.3. The minimum atomic E-state index is -0.0502. The molecular formula is C11H11BrN2O2. The van der Waals surface area contributed by atoms with Gasteiger partial charge < -0.3 is 5.11 Å². The van der Waals surface area contributed by atoms with Gasteiger partial charge in [-0.1, -0.05) is 15.9 Å². The zero-order valence-electron chi connectivity index (χ0n) is 8.48. The topological polar surface area (TPSA) is 61.7 Å². The number of amides is 1. The molecule has 1 aromatic carbocycles. The maximum atomic E-state index is 11.3. The van der Waals surface area contributed by atoms with Gasteiger partial charge in [0.25, 0.3) is 0 Å². The van der Waals surface area contributed by atoms with E-state index in [1.165, 1.54) is 6.21 Å². The lowest BCUT2D eigenvalue weighted by molar-refractivity contribution is -0.122. The number of hydrogen-bond donors (Lipinski definition) is 2. The van der Waals surface area contributed by atoms with Crippen LogP contribution in [0.4, 0.5) is 0 Å². The summed E-state index contributed by atoms with van der Waals surface area (Å²) >= 11 is 3.29. The number of carbonyl (C=O) groups excluding carboxylic acids is 1. The average Bonchev–Trinajstić information content (AvgIpc) is 3.06. The molecule has 0 saturated heterocycles. The summed E-state index contributed by atoms with van der Waals surface area (Å²) in [5.41, 5.74) is 3.00. The minimum absolute atomic E-state index is 0.0502. The van der Waals surface area contributed by atoms with E-state index in [0.717, 1.165) is 17.3 Å². The van der Waals surface area contributed by atoms with Crippen LogP contribution in [0.5, 0.6) is 5.75 Å². The van der Waals surface area contributed by atoms with Gasteiger partial charge >= 0.3 is 0 Å². The summed E-state index contributed by atoms with van der Waals surface area (Å²) < 4.78 is 0.847. The Morgan fingerprint density at radius 3 is 3.00 bits per heavy atom. The number of rotatable bonds is 3. The molecule has 1 aliphatic carbocycles. The number of phenols is 1. The lowest BCUT2D eigenvalue weighted by Gasteiger charge is -1.99. The number of hydrogen-bond acceptors (Lipinski definition) is 3. The third kappa shape index (κ3) is 2.82. The van der Waals surface area contributed by atoms with Gasteiger partial charge in [-0.25, -0.2) is 5.43 Å². The summed E-state index contributed by atoms with van der Waals surface area (Å²) in [6.45, 7) is 0. The van der Waals surface area contributed by atoms with Crippen molar-refractivity contribution in [2.75, 3.05) is 0 Å². The van der Waals surface area contributed by atoms with Crippen LogP contribution in [0.1, 0.15) is 18.4 Å². The van der Waals surface area contributed by atoms with Crippen molar-refractivity contribution in [3.8, 4) is 5.75 Å². The van der Waals surface area contributed by atoms with Gasteiger partial charge in [-0.2, -0.15) is 5.10 Å². The second-order valence-electron chi connectivity index (χ2n) is 3.71. The van der Waals surface area contributed by atoms with E-state index in [0.29, 0.717) is 5.56 Å². The molecule has 5 heteroatoms. The van der Waals surface area contributed by atoms with Gasteiger partial charge in [0, 0.05) is 16.0 Å². The van der Waals surface area contributed by atoms with E-state index >= 15 is 0 Å². The van der Waals surface area contributed by atoms with Gasteiger partial charge in [0.15, 0.2) is 0 Å². The highest BCUT2D eigenvalue weighted by Gasteiger charge is 2.29. The molecular weight excluding hydrogens is 272 g/mol. The van der Waals surface area contributed by atoms with Crippen LogP contribution >= 0.6 is 15.9 Å². The molecule has 1 aliphatic rings. The van der Waals surface area contributed by atoms with E-state index in [2.05, 4.69) is 26.5 Å². The maximum absolute atomic E-state index is 11.3. The Balaban J connectivity index is 1.99. The molecule has 84 valence electrons. The molecule has 0 aliphatic heterocycles. The molecule has 0 spiro atoms. The molecule has 1 saturated carbocycles. The molecule has 16 heavy (non-hydrogen) atoms.